The van der Waals surface area contributed by atoms with E-state index in [0.29, 0.717) is 40.5 Å². The smallest absolute Gasteiger partial charge is 0.259 e. The van der Waals surface area contributed by atoms with Gasteiger partial charge in [-0.05, 0) is 60.5 Å². The zero-order valence-electron chi connectivity index (χ0n) is 18.5. The number of imidazole rings is 1. The van der Waals surface area contributed by atoms with E-state index in [9.17, 15) is 13.6 Å². The van der Waals surface area contributed by atoms with Crippen molar-refractivity contribution in [2.75, 3.05) is 19.1 Å². The highest BCUT2D eigenvalue weighted by Gasteiger charge is 2.22. The number of carbonyl (C=O) groups is 1. The number of halogens is 2. The molecule has 0 unspecified atom stereocenters. The molecular weight excluding hydrogens is 428 g/mol. The lowest BCUT2D eigenvalue weighted by atomic mass is 10.2. The largest absolute Gasteiger partial charge is 0.497 e. The molecule has 0 bridgehead atoms. The highest BCUT2D eigenvalue weighted by atomic mass is 19.2. The molecule has 1 amide bonds. The topological polar surface area (TPSA) is 56.1 Å². The van der Waals surface area contributed by atoms with E-state index >= 15 is 0 Å². The highest BCUT2D eigenvalue weighted by Crippen LogP contribution is 2.29. The van der Waals surface area contributed by atoms with Crippen LogP contribution in [0.5, 0.6) is 11.5 Å². The summed E-state index contributed by atoms with van der Waals surface area (Å²) >= 11 is 0. The summed E-state index contributed by atoms with van der Waals surface area (Å²) in [6.45, 7) is 2.00. The van der Waals surface area contributed by atoms with Crippen LogP contribution in [0.4, 0.5) is 14.6 Å². The number of anilines is 1. The van der Waals surface area contributed by atoms with Crippen molar-refractivity contribution in [2.45, 2.75) is 20.0 Å². The molecule has 0 fully saturated rings. The minimum Gasteiger partial charge on any atom is -0.497 e. The average molecular weight is 451 g/mol. The maximum absolute atomic E-state index is 13.5. The molecule has 0 saturated heterocycles. The molecule has 2 aromatic carbocycles. The second-order valence-electron chi connectivity index (χ2n) is 7.43. The van der Waals surface area contributed by atoms with Gasteiger partial charge in [-0.3, -0.25) is 14.1 Å². The molecular formula is C25H23F2N3O3. The van der Waals surface area contributed by atoms with Gasteiger partial charge in [0.2, 0.25) is 0 Å². The number of hydrogen-bond donors (Lipinski definition) is 0. The Bertz CT molecular complexity index is 1300. The molecule has 170 valence electrons. The first-order chi connectivity index (χ1) is 15.9. The number of aryl methyl sites for hydroxylation is 1. The molecule has 6 nitrogen and oxygen atoms in total. The van der Waals surface area contributed by atoms with Crippen LogP contribution in [0, 0.1) is 11.6 Å². The van der Waals surface area contributed by atoms with Crippen LogP contribution in [0.2, 0.25) is 0 Å². The van der Waals surface area contributed by atoms with Gasteiger partial charge in [0.05, 0.1) is 12.8 Å². The number of carbonyl (C=O) groups excluding carboxylic acids is 1. The molecule has 2 heterocycles. The first-order valence-electron chi connectivity index (χ1n) is 10.4. The molecule has 33 heavy (non-hydrogen) atoms. The third kappa shape index (κ3) is 4.37. The lowest BCUT2D eigenvalue weighted by molar-refractivity contribution is 0.0992. The Kier molecular flexibility index (Phi) is 6.26. The Labute approximate surface area is 190 Å². The van der Waals surface area contributed by atoms with Gasteiger partial charge in [0, 0.05) is 18.8 Å². The van der Waals surface area contributed by atoms with Crippen molar-refractivity contribution in [1.29, 1.82) is 0 Å². The van der Waals surface area contributed by atoms with Crippen molar-refractivity contribution in [3.8, 4) is 11.5 Å². The van der Waals surface area contributed by atoms with Gasteiger partial charge in [-0.25, -0.2) is 13.8 Å². The van der Waals surface area contributed by atoms with Crippen LogP contribution in [0.1, 0.15) is 28.5 Å². The third-order valence-electron chi connectivity index (χ3n) is 5.33. The summed E-state index contributed by atoms with van der Waals surface area (Å²) in [6, 6.07) is 14.1. The Hall–Kier alpha value is -3.94. The Morgan fingerprint density at radius 3 is 2.52 bits per heavy atom. The van der Waals surface area contributed by atoms with Crippen LogP contribution >= 0.6 is 0 Å². The molecule has 0 aliphatic rings. The molecule has 0 atom stereocenters. The van der Waals surface area contributed by atoms with Gasteiger partial charge in [0.25, 0.3) is 5.91 Å². The Morgan fingerprint density at radius 2 is 1.85 bits per heavy atom. The number of nitrogens with zero attached hydrogens (tertiary/aromatic N) is 3. The molecule has 4 aromatic rings. The fourth-order valence-electron chi connectivity index (χ4n) is 3.60. The van der Waals surface area contributed by atoms with Gasteiger partial charge < -0.3 is 9.47 Å². The van der Waals surface area contributed by atoms with Crippen molar-refractivity contribution in [3.63, 3.8) is 0 Å². The predicted molar refractivity (Wildman–Crippen MR) is 121 cm³/mol. The fourth-order valence-corrected chi connectivity index (χ4v) is 3.60. The lowest BCUT2D eigenvalue weighted by Gasteiger charge is -2.18. The monoisotopic (exact) mass is 451 g/mol. The second kappa shape index (κ2) is 9.28. The van der Waals surface area contributed by atoms with Crippen molar-refractivity contribution >= 4 is 17.4 Å². The fraction of sp³-hybridized carbons (Fsp3) is 0.200. The number of methoxy groups -OCH3 is 1. The molecule has 0 aliphatic carbocycles. The van der Waals surface area contributed by atoms with E-state index in [1.165, 1.54) is 6.07 Å². The molecule has 0 aliphatic heterocycles. The first kappa shape index (κ1) is 22.3. The first-order valence-corrected chi connectivity index (χ1v) is 10.4. The van der Waals surface area contributed by atoms with E-state index < -0.39 is 11.6 Å². The van der Waals surface area contributed by atoms with E-state index in [1.54, 1.807) is 66.1 Å². The second-order valence-corrected chi connectivity index (χ2v) is 7.43. The van der Waals surface area contributed by atoms with Crippen LogP contribution < -0.4 is 14.4 Å². The number of fused-ring (bicyclic) bond motifs is 1. The summed E-state index contributed by atoms with van der Waals surface area (Å²) in [7, 11) is 3.27. The van der Waals surface area contributed by atoms with E-state index in [0.717, 1.165) is 17.8 Å². The van der Waals surface area contributed by atoms with Crippen molar-refractivity contribution in [3.05, 3.63) is 89.2 Å². The summed E-state index contributed by atoms with van der Waals surface area (Å²) in [6.07, 6.45) is 2.40. The molecule has 2 aromatic heterocycles. The number of hydrogen-bond acceptors (Lipinski definition) is 4. The van der Waals surface area contributed by atoms with Crippen molar-refractivity contribution in [1.82, 2.24) is 9.38 Å². The molecule has 4 rings (SSSR count). The maximum atomic E-state index is 13.5. The van der Waals surface area contributed by atoms with Crippen LogP contribution in [0.3, 0.4) is 0 Å². The number of benzene rings is 2. The SMILES string of the molecule is CCc1nc2c(OCc3ccc(F)c(F)c3)cccn2c1N(C)C(=O)c1ccc(OC)cc1. The summed E-state index contributed by atoms with van der Waals surface area (Å²) < 4.78 is 39.5. The Morgan fingerprint density at radius 1 is 1.09 bits per heavy atom. The van der Waals surface area contributed by atoms with Gasteiger partial charge in [-0.15, -0.1) is 0 Å². The minimum atomic E-state index is -0.927. The van der Waals surface area contributed by atoms with E-state index in [2.05, 4.69) is 4.98 Å². The van der Waals surface area contributed by atoms with E-state index in [4.69, 9.17) is 9.47 Å². The summed E-state index contributed by atoms with van der Waals surface area (Å²) in [5.41, 5.74) is 2.26. The number of amides is 1. The standard InChI is InChI=1S/C25H23F2N3O3/c1-4-21-24(29(2)25(31)17-8-10-18(32-3)11-9-17)30-13-5-6-22(23(30)28-21)33-15-16-7-12-19(26)20(27)14-16/h5-14H,4,15H2,1-3H3. The number of pyridine rings is 1. The van der Waals surface area contributed by atoms with Crippen LogP contribution in [-0.2, 0) is 13.0 Å². The number of ether oxygens (including phenoxy) is 2. The van der Waals surface area contributed by atoms with Gasteiger partial charge in [-0.1, -0.05) is 13.0 Å². The van der Waals surface area contributed by atoms with Crippen LogP contribution in [-0.4, -0.2) is 29.4 Å². The summed E-state index contributed by atoms with van der Waals surface area (Å²) in [5, 5.41) is 0. The van der Waals surface area contributed by atoms with Gasteiger partial charge in [0.15, 0.2) is 23.0 Å². The molecule has 0 saturated carbocycles. The molecule has 0 radical (unpaired) electrons. The number of rotatable bonds is 7. The zero-order chi connectivity index (χ0) is 23.5. The van der Waals surface area contributed by atoms with Crippen LogP contribution in [0.15, 0.2) is 60.8 Å². The van der Waals surface area contributed by atoms with Gasteiger partial charge in [0.1, 0.15) is 18.2 Å². The lowest BCUT2D eigenvalue weighted by Crippen LogP contribution is -2.28. The predicted octanol–water partition coefficient (Wildman–Crippen LogP) is 5.04. The Balaban J connectivity index is 1.66. The molecule has 0 N–H and O–H groups in total. The van der Waals surface area contributed by atoms with E-state index in [1.807, 2.05) is 6.92 Å². The van der Waals surface area contributed by atoms with Gasteiger partial charge in [-0.2, -0.15) is 0 Å². The van der Waals surface area contributed by atoms with Crippen LogP contribution in [0.25, 0.3) is 5.65 Å². The molecule has 8 heteroatoms. The maximum Gasteiger partial charge on any atom is 0.259 e. The third-order valence-corrected chi connectivity index (χ3v) is 5.33. The minimum absolute atomic E-state index is 0.0428. The highest BCUT2D eigenvalue weighted by molar-refractivity contribution is 6.05. The van der Waals surface area contributed by atoms with Gasteiger partial charge >= 0.3 is 0 Å². The normalized spacial score (nSPS) is 10.9. The van der Waals surface area contributed by atoms with Crippen molar-refractivity contribution in [2.24, 2.45) is 0 Å². The number of aromatic nitrogens is 2. The van der Waals surface area contributed by atoms with Crippen molar-refractivity contribution < 1.29 is 23.0 Å². The summed E-state index contributed by atoms with van der Waals surface area (Å²) in [5.74, 6) is -0.260. The molecule has 0 spiro atoms. The zero-order valence-corrected chi connectivity index (χ0v) is 18.5. The van der Waals surface area contributed by atoms with E-state index in [-0.39, 0.29) is 12.5 Å². The average Bonchev–Trinajstić information content (AvgIpc) is 3.23. The summed E-state index contributed by atoms with van der Waals surface area (Å²) in [4.78, 5) is 19.4. The quantitative estimate of drug-likeness (QED) is 0.395.